The third kappa shape index (κ3) is 33.1. The van der Waals surface area contributed by atoms with E-state index < -0.39 is 49.9 Å². The summed E-state index contributed by atoms with van der Waals surface area (Å²) in [5, 5.41) is 0. The molecule has 0 spiro atoms. The van der Waals surface area contributed by atoms with E-state index in [1.54, 1.807) is 0 Å². The fourth-order valence-corrected chi connectivity index (χ4v) is 24.6. The van der Waals surface area contributed by atoms with Gasteiger partial charge in [-0.15, -0.1) is 0 Å². The molecule has 6 rings (SSSR count). The molecule has 0 bridgehead atoms. The lowest BCUT2D eigenvalue weighted by molar-refractivity contribution is -0.193. The standard InChI is InChI=1S/2C8H16O2Si.C7H14O2Si.3C6H12O2Si.2CO2/c2*1-8(9)10-11(2)6-4-3-5-7-11;1-7(8)9-10(2)5-3-4-6-10;3*1-6(7)8-9(2)4-3-5-9;2*2-1-3/h2*3-7H2,1-2H3;3-6H2,1-2H3;3*3-5H2,1-2H3;;. The lowest BCUT2D eigenvalue weighted by atomic mass is 10.3. The van der Waals surface area contributed by atoms with E-state index >= 15 is 0 Å². The normalized spacial score (nSPS) is 20.7. The van der Waals surface area contributed by atoms with Crippen LogP contribution in [0.3, 0.4) is 0 Å². The van der Waals surface area contributed by atoms with E-state index in [1.807, 2.05) is 0 Å². The van der Waals surface area contributed by atoms with Gasteiger partial charge in [0, 0.05) is 41.5 Å². The van der Waals surface area contributed by atoms with Crippen LogP contribution in [0.5, 0.6) is 0 Å². The predicted molar refractivity (Wildman–Crippen MR) is 259 cm³/mol. The molecule has 22 heteroatoms. The van der Waals surface area contributed by atoms with E-state index in [2.05, 4.69) is 39.3 Å². The number of carbonyl (C=O) groups is 6. The van der Waals surface area contributed by atoms with Gasteiger partial charge in [-0.05, 0) is 112 Å². The van der Waals surface area contributed by atoms with Gasteiger partial charge in [-0.1, -0.05) is 70.6 Å². The third-order valence-electron chi connectivity index (χ3n) is 12.1. The second-order valence-electron chi connectivity index (χ2n) is 19.3. The van der Waals surface area contributed by atoms with Gasteiger partial charge in [0.25, 0.3) is 85.7 Å². The molecule has 6 aliphatic rings. The predicted octanol–water partition coefficient (Wildman–Crippen LogP) is 9.95. The van der Waals surface area contributed by atoms with E-state index in [0.29, 0.717) is 0 Å². The summed E-state index contributed by atoms with van der Waals surface area (Å²) in [4.78, 5) is 96.0. The summed E-state index contributed by atoms with van der Waals surface area (Å²) in [6.45, 7) is 21.9. The highest BCUT2D eigenvalue weighted by molar-refractivity contribution is 6.77. The fourth-order valence-electron chi connectivity index (χ4n) is 8.44. The zero-order chi connectivity index (χ0) is 50.4. The van der Waals surface area contributed by atoms with Crippen molar-refractivity contribution in [1.82, 2.24) is 0 Å². The van der Waals surface area contributed by atoms with Gasteiger partial charge in [-0.3, -0.25) is 28.8 Å². The Morgan fingerprint density at radius 2 is 0.369 bits per heavy atom. The maximum absolute atomic E-state index is 10.7. The van der Waals surface area contributed by atoms with Gasteiger partial charge in [0.1, 0.15) is 0 Å². The van der Waals surface area contributed by atoms with Crippen LogP contribution in [-0.2, 0) is 74.5 Å². The number of carbonyl (C=O) groups excluding carboxylic acids is 10. The molecule has 0 N–H and O–H groups in total. The first-order valence-corrected chi connectivity index (χ1v) is 40.2. The van der Waals surface area contributed by atoms with Crippen molar-refractivity contribution in [1.29, 1.82) is 0 Å². The van der Waals surface area contributed by atoms with E-state index in [0.717, 1.165) is 0 Å². The second-order valence-corrected chi connectivity index (χ2v) is 43.9. The van der Waals surface area contributed by atoms with E-state index in [9.17, 15) is 28.8 Å². The SMILES string of the molecule is CC(=O)O[Si]1(C)CCC1.CC(=O)O[Si]1(C)CCC1.CC(=O)O[Si]1(C)CCC1.CC(=O)O[Si]1(C)CCCC1.CC(=O)O[Si]1(C)CCCCC1.CC(=O)O[Si]1(C)CCCCC1.O=C=O.O=C=O. The maximum Gasteiger partial charge on any atom is 0.373 e. The highest BCUT2D eigenvalue weighted by Gasteiger charge is 2.41. The molecule has 0 atom stereocenters. The van der Waals surface area contributed by atoms with Crippen LogP contribution in [0.4, 0.5) is 0 Å². The zero-order valence-electron chi connectivity index (χ0n) is 41.8. The lowest BCUT2D eigenvalue weighted by Gasteiger charge is -2.34. The Bertz CT molecular complexity index is 1410. The Kier molecular flexibility index (Phi) is 32.0. The van der Waals surface area contributed by atoms with Gasteiger partial charge in [-0.25, -0.2) is 0 Å². The summed E-state index contributed by atoms with van der Waals surface area (Å²) in [7, 11) is -8.83. The van der Waals surface area contributed by atoms with Crippen LogP contribution in [0.25, 0.3) is 0 Å². The van der Waals surface area contributed by atoms with E-state index in [4.69, 9.17) is 45.7 Å². The fraction of sp³-hybridized carbons (Fsp3) is 0.814. The van der Waals surface area contributed by atoms with Crippen molar-refractivity contribution in [3.8, 4) is 0 Å². The van der Waals surface area contributed by atoms with Crippen LogP contribution in [-0.4, -0.2) is 98.0 Å². The van der Waals surface area contributed by atoms with E-state index in [1.165, 1.54) is 185 Å². The average molecular weight is 1020 g/mol. The molecule has 6 heterocycles. The first kappa shape index (κ1) is 64.0. The van der Waals surface area contributed by atoms with Crippen LogP contribution < -0.4 is 0 Å². The molecule has 0 radical (unpaired) electrons. The summed E-state index contributed by atoms with van der Waals surface area (Å²) in [5.74, 6) is -0.533. The molecule has 0 saturated carbocycles. The summed E-state index contributed by atoms with van der Waals surface area (Å²) in [6, 6.07) is 14.1. The summed E-state index contributed by atoms with van der Waals surface area (Å²) in [5.41, 5.74) is 0. The summed E-state index contributed by atoms with van der Waals surface area (Å²) in [6.07, 6.45) is 14.5. The molecular formula is C43H82O16Si6. The third-order valence-corrected chi connectivity index (χ3v) is 33.7. The lowest BCUT2D eigenvalue weighted by Crippen LogP contribution is -2.42. The minimum atomic E-state index is -1.55. The molecule has 0 unspecified atom stereocenters. The second kappa shape index (κ2) is 32.6. The molecular weight excluding hydrogens is 941 g/mol. The minimum absolute atomic E-state index is 0.0823. The Morgan fingerprint density at radius 3 is 0.462 bits per heavy atom. The highest BCUT2D eigenvalue weighted by atomic mass is 28.4. The molecule has 0 aromatic heterocycles. The molecule has 0 amide bonds. The molecule has 374 valence electrons. The number of hydrogen-bond donors (Lipinski definition) is 0. The highest BCUT2D eigenvalue weighted by Crippen LogP contribution is 2.35. The smallest absolute Gasteiger partial charge is 0.373 e. The summed E-state index contributed by atoms with van der Waals surface area (Å²) < 4.78 is 31.6. The van der Waals surface area contributed by atoms with Gasteiger partial charge in [0.15, 0.2) is 0 Å². The Balaban J connectivity index is 0. The molecule has 16 nitrogen and oxygen atoms in total. The molecule has 0 aromatic rings. The van der Waals surface area contributed by atoms with Crippen molar-refractivity contribution in [3.05, 3.63) is 0 Å². The number of rotatable bonds is 6. The first-order chi connectivity index (χ1) is 30.1. The van der Waals surface area contributed by atoms with Crippen molar-refractivity contribution in [2.24, 2.45) is 0 Å². The Hall–Kier alpha value is -3.12. The van der Waals surface area contributed by atoms with Gasteiger partial charge in [-0.2, -0.15) is 19.2 Å². The molecule has 6 aliphatic heterocycles. The monoisotopic (exact) mass is 1020 g/mol. The quantitative estimate of drug-likeness (QED) is 0.226. The van der Waals surface area contributed by atoms with Crippen molar-refractivity contribution in [2.45, 2.75) is 224 Å². The van der Waals surface area contributed by atoms with Gasteiger partial charge in [0.05, 0.1) is 0 Å². The van der Waals surface area contributed by atoms with E-state index in [-0.39, 0.29) is 48.1 Å². The Morgan fingerprint density at radius 1 is 0.262 bits per heavy atom. The van der Waals surface area contributed by atoms with Crippen LogP contribution in [0, 0.1) is 0 Å². The first-order valence-electron chi connectivity index (χ1n) is 23.2. The minimum Gasteiger partial charge on any atom is -0.520 e. The summed E-state index contributed by atoms with van der Waals surface area (Å²) >= 11 is 0. The van der Waals surface area contributed by atoms with Crippen molar-refractivity contribution in [2.75, 3.05) is 0 Å². The zero-order valence-corrected chi connectivity index (χ0v) is 47.8. The molecule has 65 heavy (non-hydrogen) atoms. The van der Waals surface area contributed by atoms with Crippen LogP contribution >= 0.6 is 0 Å². The number of hydrogen-bond acceptors (Lipinski definition) is 16. The van der Waals surface area contributed by atoms with Gasteiger partial charge in [0.2, 0.25) is 0 Å². The van der Waals surface area contributed by atoms with Crippen LogP contribution in [0.2, 0.25) is 112 Å². The maximum atomic E-state index is 10.7. The van der Waals surface area contributed by atoms with Crippen molar-refractivity contribution < 1.29 is 74.5 Å². The topological polar surface area (TPSA) is 226 Å². The molecule has 0 aromatic carbocycles. The molecule has 6 saturated heterocycles. The van der Waals surface area contributed by atoms with Crippen molar-refractivity contribution >= 4 is 98.0 Å². The van der Waals surface area contributed by atoms with Crippen LogP contribution in [0.15, 0.2) is 0 Å². The van der Waals surface area contributed by atoms with Crippen molar-refractivity contribution in [3.63, 3.8) is 0 Å². The Labute approximate surface area is 394 Å². The average Bonchev–Trinajstić information content (AvgIpc) is 3.55. The largest absolute Gasteiger partial charge is 0.520 e. The molecule has 6 fully saturated rings. The van der Waals surface area contributed by atoms with Crippen LogP contribution in [0.1, 0.15) is 112 Å². The van der Waals surface area contributed by atoms with Gasteiger partial charge < -0.3 is 26.6 Å². The molecule has 0 aliphatic carbocycles. The van der Waals surface area contributed by atoms with Gasteiger partial charge >= 0.3 is 12.3 Å².